The molecule has 0 unspecified atom stereocenters. The van der Waals surface area contributed by atoms with E-state index < -0.39 is 0 Å². The number of esters is 1. The summed E-state index contributed by atoms with van der Waals surface area (Å²) in [4.78, 5) is 31.9. The highest BCUT2D eigenvalue weighted by Gasteiger charge is 2.21. The Kier molecular flexibility index (Phi) is 9.86. The highest BCUT2D eigenvalue weighted by Crippen LogP contribution is 2.32. The first-order chi connectivity index (χ1) is 17.3. The number of amidine groups is 1. The first-order valence-corrected chi connectivity index (χ1v) is 13.0. The molecule has 2 aromatic carbocycles. The van der Waals surface area contributed by atoms with Crippen LogP contribution in [0.3, 0.4) is 0 Å². The van der Waals surface area contributed by atoms with Crippen LogP contribution >= 0.6 is 0 Å². The van der Waals surface area contributed by atoms with Crippen molar-refractivity contribution in [2.24, 2.45) is 16.6 Å². The summed E-state index contributed by atoms with van der Waals surface area (Å²) in [5.74, 6) is 0.591. The van der Waals surface area contributed by atoms with Gasteiger partial charge in [-0.1, -0.05) is 70.5 Å². The van der Waals surface area contributed by atoms with Gasteiger partial charge in [-0.2, -0.15) is 0 Å². The highest BCUT2D eigenvalue weighted by molar-refractivity contribution is 6.05. The topological polar surface area (TPSA) is 85.0 Å². The van der Waals surface area contributed by atoms with Crippen LogP contribution in [0.15, 0.2) is 53.0 Å². The summed E-state index contributed by atoms with van der Waals surface area (Å²) in [6, 6.07) is 13.9. The minimum absolute atomic E-state index is 0.0443. The van der Waals surface area contributed by atoms with E-state index in [9.17, 15) is 9.59 Å². The fourth-order valence-corrected chi connectivity index (χ4v) is 4.14. The summed E-state index contributed by atoms with van der Waals surface area (Å²) in [5, 5.41) is 0. The van der Waals surface area contributed by atoms with E-state index in [1.807, 2.05) is 67.3 Å². The summed E-state index contributed by atoms with van der Waals surface area (Å²) in [5.41, 5.74) is 11.5. The average molecular weight is 490 g/mol. The van der Waals surface area contributed by atoms with Crippen molar-refractivity contribution in [1.29, 1.82) is 0 Å². The molecule has 36 heavy (non-hydrogen) atoms. The van der Waals surface area contributed by atoms with Gasteiger partial charge in [0.2, 0.25) is 5.91 Å². The summed E-state index contributed by atoms with van der Waals surface area (Å²) >= 11 is 0. The molecule has 192 valence electrons. The van der Waals surface area contributed by atoms with Gasteiger partial charge >= 0.3 is 5.97 Å². The second kappa shape index (κ2) is 13.1. The summed E-state index contributed by atoms with van der Waals surface area (Å²) < 4.78 is 5.28. The fraction of sp³-hybridized carbons (Fsp3) is 0.433. The molecule has 3 rings (SSSR count). The van der Waals surface area contributed by atoms with Crippen LogP contribution in [0.4, 0.5) is 5.69 Å². The van der Waals surface area contributed by atoms with E-state index in [2.05, 4.69) is 18.8 Å². The van der Waals surface area contributed by atoms with Crippen LogP contribution in [0.25, 0.3) is 17.2 Å². The predicted octanol–water partition coefficient (Wildman–Crippen LogP) is 5.91. The lowest BCUT2D eigenvalue weighted by Gasteiger charge is -2.23. The predicted molar refractivity (Wildman–Crippen MR) is 147 cm³/mol. The van der Waals surface area contributed by atoms with Crippen molar-refractivity contribution < 1.29 is 14.3 Å². The molecule has 6 nitrogen and oxygen atoms in total. The fourth-order valence-electron chi connectivity index (χ4n) is 4.14. The van der Waals surface area contributed by atoms with E-state index in [1.165, 1.54) is 0 Å². The SMILES string of the molecule is CCCCN(CCC)C(=O)C1=Cc2ccc(-c3ccc(CC(=O)OCC(C)C)cc3)cc2N=C(N)C1. The molecule has 0 fully saturated rings. The van der Waals surface area contributed by atoms with Gasteiger partial charge in [-0.25, -0.2) is 4.99 Å². The van der Waals surface area contributed by atoms with Gasteiger partial charge in [-0.3, -0.25) is 9.59 Å². The molecule has 0 aromatic heterocycles. The quantitative estimate of drug-likeness (QED) is 0.398. The lowest BCUT2D eigenvalue weighted by Crippen LogP contribution is -2.34. The number of ether oxygens (including phenoxy) is 1. The van der Waals surface area contributed by atoms with Crippen molar-refractivity contribution in [3.8, 4) is 11.1 Å². The maximum atomic E-state index is 13.3. The molecular formula is C30H39N3O3. The number of amides is 1. The zero-order chi connectivity index (χ0) is 26.1. The van der Waals surface area contributed by atoms with Crippen molar-refractivity contribution >= 4 is 29.5 Å². The lowest BCUT2D eigenvalue weighted by molar-refractivity contribution is -0.143. The minimum atomic E-state index is -0.212. The molecule has 6 heteroatoms. The van der Waals surface area contributed by atoms with Gasteiger partial charge in [0.15, 0.2) is 0 Å². The second-order valence-corrected chi connectivity index (χ2v) is 9.82. The van der Waals surface area contributed by atoms with Gasteiger partial charge in [-0.05, 0) is 47.6 Å². The Morgan fingerprint density at radius 2 is 1.75 bits per heavy atom. The molecule has 1 aliphatic rings. The third-order valence-corrected chi connectivity index (χ3v) is 6.05. The average Bonchev–Trinajstić information content (AvgIpc) is 3.02. The standard InChI is InChI=1S/C30H39N3O3/c1-5-7-15-33(14-6-2)30(35)26-17-25-13-12-24(18-27(25)32-28(31)19-26)23-10-8-22(9-11-23)16-29(34)36-20-21(3)4/h8-13,17-18,21H,5-7,14-16,19-20H2,1-4H3,(H2,31,32). The van der Waals surface area contributed by atoms with Gasteiger partial charge in [-0.15, -0.1) is 0 Å². The van der Waals surface area contributed by atoms with Crippen LogP contribution in [-0.4, -0.2) is 42.3 Å². The van der Waals surface area contributed by atoms with E-state index in [0.717, 1.165) is 60.3 Å². The van der Waals surface area contributed by atoms with Crippen LogP contribution in [0, 0.1) is 5.92 Å². The van der Waals surface area contributed by atoms with Crippen molar-refractivity contribution in [3.05, 3.63) is 59.2 Å². The van der Waals surface area contributed by atoms with Crippen LogP contribution in [-0.2, 0) is 20.7 Å². The summed E-state index contributed by atoms with van der Waals surface area (Å²) in [6.45, 7) is 10.2. The van der Waals surface area contributed by atoms with Gasteiger partial charge in [0.05, 0.1) is 18.7 Å². The van der Waals surface area contributed by atoms with E-state index in [0.29, 0.717) is 30.4 Å². The largest absolute Gasteiger partial charge is 0.465 e. The molecule has 0 atom stereocenters. The number of hydrogen-bond donors (Lipinski definition) is 1. The van der Waals surface area contributed by atoms with Gasteiger partial charge in [0.1, 0.15) is 5.84 Å². The zero-order valence-electron chi connectivity index (χ0n) is 22.0. The van der Waals surface area contributed by atoms with Crippen LogP contribution < -0.4 is 5.73 Å². The number of nitrogens with two attached hydrogens (primary N) is 1. The Hall–Kier alpha value is -3.41. The molecule has 1 amide bonds. The molecule has 1 aliphatic heterocycles. The van der Waals surface area contributed by atoms with E-state index >= 15 is 0 Å². The Labute approximate surface area is 215 Å². The maximum Gasteiger partial charge on any atom is 0.310 e. The number of unbranched alkanes of at least 4 members (excludes halogenated alkanes) is 1. The Balaban J connectivity index is 1.79. The van der Waals surface area contributed by atoms with E-state index in [4.69, 9.17) is 10.5 Å². The number of benzene rings is 2. The lowest BCUT2D eigenvalue weighted by atomic mass is 9.99. The van der Waals surface area contributed by atoms with Crippen molar-refractivity contribution in [2.45, 2.75) is 59.8 Å². The number of carbonyl (C=O) groups excluding carboxylic acids is 2. The van der Waals surface area contributed by atoms with Crippen LogP contribution in [0.5, 0.6) is 0 Å². The smallest absolute Gasteiger partial charge is 0.310 e. The van der Waals surface area contributed by atoms with E-state index in [-0.39, 0.29) is 18.3 Å². The summed E-state index contributed by atoms with van der Waals surface area (Å²) in [7, 11) is 0. The molecule has 0 bridgehead atoms. The normalized spacial score (nSPS) is 12.9. The number of rotatable bonds is 11. The minimum Gasteiger partial charge on any atom is -0.465 e. The van der Waals surface area contributed by atoms with Gasteiger partial charge in [0.25, 0.3) is 0 Å². The molecule has 2 aromatic rings. The molecular weight excluding hydrogens is 450 g/mol. The molecule has 0 aliphatic carbocycles. The first kappa shape index (κ1) is 27.2. The summed E-state index contributed by atoms with van der Waals surface area (Å²) in [6.07, 6.45) is 5.49. The first-order valence-electron chi connectivity index (χ1n) is 13.0. The Bertz CT molecular complexity index is 1120. The van der Waals surface area contributed by atoms with E-state index in [1.54, 1.807) is 0 Å². The van der Waals surface area contributed by atoms with Crippen molar-refractivity contribution in [1.82, 2.24) is 4.90 Å². The Morgan fingerprint density at radius 1 is 1.03 bits per heavy atom. The number of fused-ring (bicyclic) bond motifs is 1. The molecule has 1 heterocycles. The third-order valence-electron chi connectivity index (χ3n) is 6.05. The highest BCUT2D eigenvalue weighted by atomic mass is 16.5. The number of hydrogen-bond acceptors (Lipinski definition) is 5. The zero-order valence-corrected chi connectivity index (χ0v) is 22.0. The second-order valence-electron chi connectivity index (χ2n) is 9.82. The number of carbonyl (C=O) groups is 2. The van der Waals surface area contributed by atoms with Crippen LogP contribution in [0.1, 0.15) is 64.5 Å². The Morgan fingerprint density at radius 3 is 2.42 bits per heavy atom. The molecule has 0 spiro atoms. The number of aliphatic imine (C=N–C) groups is 1. The molecule has 0 saturated carbocycles. The molecule has 2 N–H and O–H groups in total. The monoisotopic (exact) mass is 489 g/mol. The molecule has 0 saturated heterocycles. The molecule has 0 radical (unpaired) electrons. The van der Waals surface area contributed by atoms with Gasteiger partial charge in [0, 0.05) is 30.6 Å². The van der Waals surface area contributed by atoms with Crippen LogP contribution in [0.2, 0.25) is 0 Å². The maximum absolute atomic E-state index is 13.3. The third kappa shape index (κ3) is 7.54. The van der Waals surface area contributed by atoms with Crippen molar-refractivity contribution in [3.63, 3.8) is 0 Å². The number of nitrogens with zero attached hydrogens (tertiary/aromatic N) is 2. The van der Waals surface area contributed by atoms with Crippen molar-refractivity contribution in [2.75, 3.05) is 19.7 Å². The van der Waals surface area contributed by atoms with Gasteiger partial charge < -0.3 is 15.4 Å².